The van der Waals surface area contributed by atoms with Crippen LogP contribution in [-0.4, -0.2) is 38.5 Å². The summed E-state index contributed by atoms with van der Waals surface area (Å²) in [5, 5.41) is 0. The molecule has 1 atom stereocenters. The lowest BCUT2D eigenvalue weighted by atomic mass is 10.1. The normalized spacial score (nSPS) is 20.2. The van der Waals surface area contributed by atoms with Gasteiger partial charge in [-0.15, -0.1) is 12.4 Å². The molecule has 1 aliphatic heterocycles. The van der Waals surface area contributed by atoms with Crippen LogP contribution in [0.4, 0.5) is 0 Å². The first-order chi connectivity index (χ1) is 9.04. The van der Waals surface area contributed by atoms with E-state index in [0.29, 0.717) is 30.3 Å². The SMILES string of the molecule is CCOc1ccc(S(=O)(=O)N2CCC[C@@H](N)C2)cc1.Cl. The van der Waals surface area contributed by atoms with E-state index >= 15 is 0 Å². The number of benzene rings is 1. The van der Waals surface area contributed by atoms with Crippen molar-refractivity contribution in [1.82, 2.24) is 4.31 Å². The van der Waals surface area contributed by atoms with Gasteiger partial charge in [0.25, 0.3) is 0 Å². The average molecular weight is 321 g/mol. The topological polar surface area (TPSA) is 72.6 Å². The molecule has 1 aromatic rings. The molecule has 0 unspecified atom stereocenters. The quantitative estimate of drug-likeness (QED) is 0.915. The maximum absolute atomic E-state index is 12.4. The highest BCUT2D eigenvalue weighted by atomic mass is 35.5. The number of sulfonamides is 1. The van der Waals surface area contributed by atoms with E-state index in [1.807, 2.05) is 6.92 Å². The number of nitrogens with two attached hydrogens (primary N) is 1. The van der Waals surface area contributed by atoms with Crippen LogP contribution in [0.2, 0.25) is 0 Å². The summed E-state index contributed by atoms with van der Waals surface area (Å²) in [4.78, 5) is 0.296. The minimum absolute atomic E-state index is 0. The summed E-state index contributed by atoms with van der Waals surface area (Å²) in [5.74, 6) is 0.678. The van der Waals surface area contributed by atoms with Crippen molar-refractivity contribution in [2.24, 2.45) is 5.73 Å². The lowest BCUT2D eigenvalue weighted by molar-refractivity contribution is 0.316. The van der Waals surface area contributed by atoms with Gasteiger partial charge in [-0.1, -0.05) is 0 Å². The van der Waals surface area contributed by atoms with Gasteiger partial charge in [0.05, 0.1) is 11.5 Å². The van der Waals surface area contributed by atoms with Crippen molar-refractivity contribution < 1.29 is 13.2 Å². The largest absolute Gasteiger partial charge is 0.494 e. The monoisotopic (exact) mass is 320 g/mol. The second kappa shape index (κ2) is 7.26. The number of piperidine rings is 1. The summed E-state index contributed by atoms with van der Waals surface area (Å²) < 4.78 is 31.6. The third-order valence-corrected chi connectivity index (χ3v) is 5.07. The molecule has 0 aliphatic carbocycles. The summed E-state index contributed by atoms with van der Waals surface area (Å²) in [7, 11) is -3.43. The lowest BCUT2D eigenvalue weighted by Gasteiger charge is -2.29. The molecular weight excluding hydrogens is 300 g/mol. The van der Waals surface area contributed by atoms with Crippen molar-refractivity contribution in [3.63, 3.8) is 0 Å². The molecule has 0 radical (unpaired) electrons. The molecule has 7 heteroatoms. The van der Waals surface area contributed by atoms with E-state index in [-0.39, 0.29) is 18.4 Å². The lowest BCUT2D eigenvalue weighted by Crippen LogP contribution is -2.45. The molecule has 0 saturated carbocycles. The fourth-order valence-corrected chi connectivity index (χ4v) is 3.75. The van der Waals surface area contributed by atoms with E-state index in [1.165, 1.54) is 4.31 Å². The first-order valence-corrected chi connectivity index (χ1v) is 7.96. The van der Waals surface area contributed by atoms with E-state index in [1.54, 1.807) is 24.3 Å². The van der Waals surface area contributed by atoms with Crippen LogP contribution in [0.15, 0.2) is 29.2 Å². The third kappa shape index (κ3) is 3.85. The smallest absolute Gasteiger partial charge is 0.243 e. The average Bonchev–Trinajstić information content (AvgIpc) is 2.40. The fourth-order valence-electron chi connectivity index (χ4n) is 2.22. The molecule has 2 rings (SSSR count). The van der Waals surface area contributed by atoms with Crippen molar-refractivity contribution in [3.8, 4) is 5.75 Å². The number of hydrogen-bond acceptors (Lipinski definition) is 4. The van der Waals surface area contributed by atoms with Crippen LogP contribution in [0.5, 0.6) is 5.75 Å². The molecule has 0 bridgehead atoms. The number of hydrogen-bond donors (Lipinski definition) is 1. The number of halogens is 1. The Hall–Kier alpha value is -0.820. The van der Waals surface area contributed by atoms with Crippen LogP contribution in [0.25, 0.3) is 0 Å². The molecule has 1 saturated heterocycles. The van der Waals surface area contributed by atoms with Crippen molar-refractivity contribution in [2.45, 2.75) is 30.7 Å². The van der Waals surface area contributed by atoms with Gasteiger partial charge in [-0.25, -0.2) is 8.42 Å². The molecule has 0 aromatic heterocycles. The van der Waals surface area contributed by atoms with Crippen LogP contribution in [0.1, 0.15) is 19.8 Å². The van der Waals surface area contributed by atoms with Gasteiger partial charge in [-0.2, -0.15) is 4.31 Å². The van der Waals surface area contributed by atoms with E-state index in [0.717, 1.165) is 12.8 Å². The zero-order chi connectivity index (χ0) is 13.9. The van der Waals surface area contributed by atoms with Gasteiger partial charge in [-0.3, -0.25) is 0 Å². The van der Waals surface area contributed by atoms with Crippen LogP contribution < -0.4 is 10.5 Å². The maximum atomic E-state index is 12.4. The van der Waals surface area contributed by atoms with E-state index in [2.05, 4.69) is 0 Å². The molecule has 2 N–H and O–H groups in total. The van der Waals surface area contributed by atoms with Gasteiger partial charge < -0.3 is 10.5 Å². The molecule has 20 heavy (non-hydrogen) atoms. The van der Waals surface area contributed by atoms with Crippen molar-refractivity contribution in [3.05, 3.63) is 24.3 Å². The Kier molecular flexibility index (Phi) is 6.26. The van der Waals surface area contributed by atoms with Gasteiger partial charge in [-0.05, 0) is 44.0 Å². The molecule has 0 spiro atoms. The summed E-state index contributed by atoms with van der Waals surface area (Å²) in [6.45, 7) is 3.39. The Morgan fingerprint density at radius 1 is 1.35 bits per heavy atom. The predicted octanol–water partition coefficient (Wildman–Crippen LogP) is 1.62. The third-order valence-electron chi connectivity index (χ3n) is 3.19. The van der Waals surface area contributed by atoms with Crippen LogP contribution >= 0.6 is 12.4 Å². The van der Waals surface area contributed by atoms with E-state index < -0.39 is 10.0 Å². The molecule has 1 fully saturated rings. The first-order valence-electron chi connectivity index (χ1n) is 6.52. The van der Waals surface area contributed by atoms with Gasteiger partial charge in [0.15, 0.2) is 0 Å². The van der Waals surface area contributed by atoms with Crippen LogP contribution in [0.3, 0.4) is 0 Å². The highest BCUT2D eigenvalue weighted by Gasteiger charge is 2.28. The number of nitrogens with zero attached hydrogens (tertiary/aromatic N) is 1. The van der Waals surface area contributed by atoms with Crippen LogP contribution in [-0.2, 0) is 10.0 Å². The summed E-state index contributed by atoms with van der Waals surface area (Å²) in [5.41, 5.74) is 5.84. The Bertz CT molecular complexity index is 519. The minimum Gasteiger partial charge on any atom is -0.494 e. The molecule has 0 amide bonds. The first kappa shape index (κ1) is 17.2. The Morgan fingerprint density at radius 2 is 2.00 bits per heavy atom. The zero-order valence-corrected chi connectivity index (χ0v) is 13.1. The van der Waals surface area contributed by atoms with Gasteiger partial charge in [0.1, 0.15) is 5.75 Å². The maximum Gasteiger partial charge on any atom is 0.243 e. The molecule has 1 aromatic carbocycles. The molecule has 1 aliphatic rings. The van der Waals surface area contributed by atoms with Gasteiger partial charge in [0.2, 0.25) is 10.0 Å². The fraction of sp³-hybridized carbons (Fsp3) is 0.538. The van der Waals surface area contributed by atoms with Gasteiger partial charge in [0, 0.05) is 19.1 Å². The van der Waals surface area contributed by atoms with Crippen molar-refractivity contribution >= 4 is 22.4 Å². The molecule has 1 heterocycles. The van der Waals surface area contributed by atoms with Gasteiger partial charge >= 0.3 is 0 Å². The van der Waals surface area contributed by atoms with Crippen LogP contribution in [0, 0.1) is 0 Å². The Morgan fingerprint density at radius 3 is 2.55 bits per heavy atom. The summed E-state index contributed by atoms with van der Waals surface area (Å²) >= 11 is 0. The standard InChI is InChI=1S/C13H20N2O3S.ClH/c1-2-18-12-5-7-13(8-6-12)19(16,17)15-9-3-4-11(14)10-15;/h5-8,11H,2-4,9-10,14H2,1H3;1H/t11-;/m1./s1. The number of ether oxygens (including phenoxy) is 1. The Balaban J connectivity index is 0.00000200. The van der Waals surface area contributed by atoms with E-state index in [9.17, 15) is 8.42 Å². The Labute approximate surface area is 126 Å². The highest BCUT2D eigenvalue weighted by molar-refractivity contribution is 7.89. The molecule has 114 valence electrons. The highest BCUT2D eigenvalue weighted by Crippen LogP contribution is 2.22. The summed E-state index contributed by atoms with van der Waals surface area (Å²) in [6, 6.07) is 6.47. The second-order valence-corrected chi connectivity index (χ2v) is 6.61. The zero-order valence-electron chi connectivity index (χ0n) is 11.5. The van der Waals surface area contributed by atoms with Crippen molar-refractivity contribution in [2.75, 3.05) is 19.7 Å². The predicted molar refractivity (Wildman–Crippen MR) is 80.8 cm³/mol. The minimum atomic E-state index is -3.43. The molecular formula is C13H21ClN2O3S. The molecule has 5 nitrogen and oxygen atoms in total. The number of rotatable bonds is 4. The van der Waals surface area contributed by atoms with E-state index in [4.69, 9.17) is 10.5 Å². The van der Waals surface area contributed by atoms with Crippen molar-refractivity contribution in [1.29, 1.82) is 0 Å². The second-order valence-electron chi connectivity index (χ2n) is 4.67. The summed E-state index contributed by atoms with van der Waals surface area (Å²) in [6.07, 6.45) is 1.70.